The first-order valence-electron chi connectivity index (χ1n) is 9.05. The van der Waals surface area contributed by atoms with Gasteiger partial charge in [0.05, 0.1) is 22.3 Å². The topological polar surface area (TPSA) is 84.0 Å². The molecular formula is C22H18N4O2S. The lowest BCUT2D eigenvalue weighted by Crippen LogP contribution is -2.14. The molecule has 2 heterocycles. The van der Waals surface area contributed by atoms with Gasteiger partial charge in [-0.3, -0.25) is 14.6 Å². The molecule has 0 atom stereocenters. The number of carbonyl (C=O) groups is 2. The highest BCUT2D eigenvalue weighted by molar-refractivity contribution is 7.22. The van der Waals surface area contributed by atoms with Crippen LogP contribution in [0.4, 0.5) is 10.8 Å². The standard InChI is InChI=1S/C22H18N4O2S/c1-14(27)24-22-26-18-8-7-16(12-20(18)29-22)19-13-17(9-10-23-19)25-21(28)11-15-5-3-2-4-6-15/h2-10,12-13H,11H2,1H3,(H,23,25,28)(H,24,26,27). The number of rotatable bonds is 5. The molecule has 0 unspecified atom stereocenters. The zero-order valence-electron chi connectivity index (χ0n) is 15.7. The van der Waals surface area contributed by atoms with Crippen molar-refractivity contribution in [3.05, 3.63) is 72.4 Å². The lowest BCUT2D eigenvalue weighted by molar-refractivity contribution is -0.116. The van der Waals surface area contributed by atoms with Crippen LogP contribution in [0.25, 0.3) is 21.5 Å². The SMILES string of the molecule is CC(=O)Nc1nc2ccc(-c3cc(NC(=O)Cc4ccccc4)ccn3)cc2s1. The van der Waals surface area contributed by atoms with Crippen molar-refractivity contribution in [2.45, 2.75) is 13.3 Å². The first-order valence-corrected chi connectivity index (χ1v) is 9.87. The molecule has 29 heavy (non-hydrogen) atoms. The Morgan fingerprint density at radius 3 is 2.62 bits per heavy atom. The average Bonchev–Trinajstić information content (AvgIpc) is 3.09. The Bertz CT molecular complexity index is 1190. The molecule has 4 rings (SSSR count). The highest BCUT2D eigenvalue weighted by Crippen LogP contribution is 2.30. The van der Waals surface area contributed by atoms with Gasteiger partial charge < -0.3 is 10.6 Å². The van der Waals surface area contributed by atoms with E-state index in [2.05, 4.69) is 20.6 Å². The van der Waals surface area contributed by atoms with E-state index in [1.54, 1.807) is 12.3 Å². The van der Waals surface area contributed by atoms with Crippen LogP contribution in [0.5, 0.6) is 0 Å². The third kappa shape index (κ3) is 4.64. The minimum Gasteiger partial charge on any atom is -0.326 e. The van der Waals surface area contributed by atoms with Crippen LogP contribution in [-0.2, 0) is 16.0 Å². The van der Waals surface area contributed by atoms with Crippen LogP contribution < -0.4 is 10.6 Å². The summed E-state index contributed by atoms with van der Waals surface area (Å²) in [6.07, 6.45) is 1.99. The predicted molar refractivity (Wildman–Crippen MR) is 116 cm³/mol. The summed E-state index contributed by atoms with van der Waals surface area (Å²) >= 11 is 1.41. The van der Waals surface area contributed by atoms with Gasteiger partial charge in [-0.25, -0.2) is 4.98 Å². The van der Waals surface area contributed by atoms with E-state index in [1.165, 1.54) is 18.3 Å². The fourth-order valence-corrected chi connectivity index (χ4v) is 3.89. The number of nitrogens with one attached hydrogen (secondary N) is 2. The zero-order chi connectivity index (χ0) is 20.2. The molecular weight excluding hydrogens is 384 g/mol. The summed E-state index contributed by atoms with van der Waals surface area (Å²) in [7, 11) is 0. The molecule has 4 aromatic rings. The van der Waals surface area contributed by atoms with E-state index in [0.717, 1.165) is 27.0 Å². The number of fused-ring (bicyclic) bond motifs is 1. The van der Waals surface area contributed by atoms with E-state index in [-0.39, 0.29) is 11.8 Å². The first-order chi connectivity index (χ1) is 14.1. The summed E-state index contributed by atoms with van der Waals surface area (Å²) < 4.78 is 0.951. The van der Waals surface area contributed by atoms with Gasteiger partial charge in [-0.05, 0) is 29.8 Å². The summed E-state index contributed by atoms with van der Waals surface area (Å²) in [6.45, 7) is 1.46. The number of benzene rings is 2. The van der Waals surface area contributed by atoms with Gasteiger partial charge in [0.1, 0.15) is 0 Å². The Hall–Kier alpha value is -3.58. The van der Waals surface area contributed by atoms with Crippen LogP contribution >= 0.6 is 11.3 Å². The van der Waals surface area contributed by atoms with Crippen molar-refractivity contribution in [2.24, 2.45) is 0 Å². The molecule has 0 aliphatic carbocycles. The monoisotopic (exact) mass is 402 g/mol. The number of hydrogen-bond acceptors (Lipinski definition) is 5. The van der Waals surface area contributed by atoms with Gasteiger partial charge >= 0.3 is 0 Å². The predicted octanol–water partition coefficient (Wildman–Crippen LogP) is 4.50. The summed E-state index contributed by atoms with van der Waals surface area (Å²) in [6, 6.07) is 19.0. The molecule has 6 nitrogen and oxygen atoms in total. The summed E-state index contributed by atoms with van der Waals surface area (Å²) in [5.41, 5.74) is 4.13. The van der Waals surface area contributed by atoms with E-state index in [4.69, 9.17) is 0 Å². The van der Waals surface area contributed by atoms with E-state index < -0.39 is 0 Å². The molecule has 0 aliphatic heterocycles. The van der Waals surface area contributed by atoms with Crippen molar-refractivity contribution in [3.8, 4) is 11.3 Å². The van der Waals surface area contributed by atoms with E-state index in [0.29, 0.717) is 17.2 Å². The molecule has 0 aliphatic rings. The van der Waals surface area contributed by atoms with Crippen LogP contribution in [0.2, 0.25) is 0 Å². The van der Waals surface area contributed by atoms with Crippen LogP contribution in [0.1, 0.15) is 12.5 Å². The molecule has 7 heteroatoms. The fraction of sp³-hybridized carbons (Fsp3) is 0.0909. The highest BCUT2D eigenvalue weighted by atomic mass is 32.1. The molecule has 0 bridgehead atoms. The van der Waals surface area contributed by atoms with Crippen LogP contribution in [0.15, 0.2) is 66.9 Å². The van der Waals surface area contributed by atoms with Crippen molar-refractivity contribution < 1.29 is 9.59 Å². The van der Waals surface area contributed by atoms with Gasteiger partial charge in [0, 0.05) is 24.4 Å². The molecule has 144 valence electrons. The summed E-state index contributed by atoms with van der Waals surface area (Å²) in [5, 5.41) is 6.21. The van der Waals surface area contributed by atoms with Gasteiger partial charge in [0.2, 0.25) is 11.8 Å². The first kappa shape index (κ1) is 18.8. The Kier molecular flexibility index (Phi) is 5.31. The molecule has 0 saturated carbocycles. The smallest absolute Gasteiger partial charge is 0.228 e. The Labute approximate surface area is 171 Å². The molecule has 2 aromatic carbocycles. The Balaban J connectivity index is 1.53. The summed E-state index contributed by atoms with van der Waals surface area (Å²) in [5.74, 6) is -0.226. The third-order valence-corrected chi connectivity index (χ3v) is 5.15. The van der Waals surface area contributed by atoms with Crippen molar-refractivity contribution >= 4 is 44.2 Å². The van der Waals surface area contributed by atoms with E-state index in [9.17, 15) is 9.59 Å². The largest absolute Gasteiger partial charge is 0.326 e. The third-order valence-electron chi connectivity index (χ3n) is 4.22. The maximum Gasteiger partial charge on any atom is 0.228 e. The quantitative estimate of drug-likeness (QED) is 0.515. The highest BCUT2D eigenvalue weighted by Gasteiger charge is 2.09. The lowest BCUT2D eigenvalue weighted by Gasteiger charge is -2.07. The van der Waals surface area contributed by atoms with Crippen LogP contribution in [-0.4, -0.2) is 21.8 Å². The van der Waals surface area contributed by atoms with Gasteiger partial charge in [-0.15, -0.1) is 0 Å². The molecule has 2 N–H and O–H groups in total. The lowest BCUT2D eigenvalue weighted by atomic mass is 10.1. The van der Waals surface area contributed by atoms with Gasteiger partial charge in [-0.2, -0.15) is 0 Å². The summed E-state index contributed by atoms with van der Waals surface area (Å²) in [4.78, 5) is 32.4. The van der Waals surface area contributed by atoms with Crippen LogP contribution in [0.3, 0.4) is 0 Å². The minimum absolute atomic E-state index is 0.0776. The Morgan fingerprint density at radius 1 is 1.00 bits per heavy atom. The van der Waals surface area contributed by atoms with Crippen molar-refractivity contribution in [2.75, 3.05) is 10.6 Å². The maximum atomic E-state index is 12.3. The molecule has 0 spiro atoms. The minimum atomic E-state index is -0.148. The van der Waals surface area contributed by atoms with Crippen LogP contribution in [0, 0.1) is 0 Å². The second-order valence-corrected chi connectivity index (χ2v) is 7.55. The average molecular weight is 402 g/mol. The Morgan fingerprint density at radius 2 is 1.83 bits per heavy atom. The van der Waals surface area contributed by atoms with E-state index in [1.807, 2.05) is 54.6 Å². The van der Waals surface area contributed by atoms with Gasteiger partial charge in [0.15, 0.2) is 5.13 Å². The number of anilines is 2. The van der Waals surface area contributed by atoms with Gasteiger partial charge in [0.25, 0.3) is 0 Å². The van der Waals surface area contributed by atoms with Crippen molar-refractivity contribution in [1.29, 1.82) is 0 Å². The molecule has 0 radical (unpaired) electrons. The maximum absolute atomic E-state index is 12.3. The van der Waals surface area contributed by atoms with E-state index >= 15 is 0 Å². The molecule has 0 fully saturated rings. The number of carbonyl (C=O) groups excluding carboxylic acids is 2. The second kappa shape index (κ2) is 8.20. The molecule has 2 aromatic heterocycles. The number of thiazole rings is 1. The van der Waals surface area contributed by atoms with Crippen molar-refractivity contribution in [3.63, 3.8) is 0 Å². The fourth-order valence-electron chi connectivity index (χ4n) is 2.94. The second-order valence-electron chi connectivity index (χ2n) is 6.52. The molecule has 0 saturated heterocycles. The normalized spacial score (nSPS) is 10.7. The number of aromatic nitrogens is 2. The molecule has 2 amide bonds. The number of amides is 2. The van der Waals surface area contributed by atoms with Crippen molar-refractivity contribution in [1.82, 2.24) is 9.97 Å². The van der Waals surface area contributed by atoms with Gasteiger partial charge in [-0.1, -0.05) is 47.7 Å². The number of nitrogens with zero attached hydrogens (tertiary/aromatic N) is 2. The number of pyridine rings is 1. The number of hydrogen-bond donors (Lipinski definition) is 2. The zero-order valence-corrected chi connectivity index (χ0v) is 16.5.